The van der Waals surface area contributed by atoms with Gasteiger partial charge in [0.25, 0.3) is 5.88 Å². The Balaban J connectivity index is 1.47. The zero-order valence-corrected chi connectivity index (χ0v) is 16.8. The summed E-state index contributed by atoms with van der Waals surface area (Å²) in [5.74, 6) is 3.24. The summed E-state index contributed by atoms with van der Waals surface area (Å²) in [7, 11) is 0. The predicted molar refractivity (Wildman–Crippen MR) is 115 cm³/mol. The minimum Gasteiger partial charge on any atom is -0.353 e. The summed E-state index contributed by atoms with van der Waals surface area (Å²) in [6, 6.07) is 3.80. The molecular formula is C21H21N9O. The van der Waals surface area contributed by atoms with E-state index in [9.17, 15) is 0 Å². The molecule has 10 heteroatoms. The second-order valence-corrected chi connectivity index (χ2v) is 7.84. The fraction of sp³-hybridized carbons (Fsp3) is 0.333. The van der Waals surface area contributed by atoms with Crippen LogP contribution in [0, 0.1) is 0 Å². The molecular weight excluding hydrogens is 394 g/mol. The van der Waals surface area contributed by atoms with Crippen molar-refractivity contribution in [2.24, 2.45) is 0 Å². The Morgan fingerprint density at radius 3 is 2.81 bits per heavy atom. The SMILES string of the molecule is c1cc(-c2nc(N3CCNCC3)c3c(C4CC4)cncc3n2)cc(Nc2cnno2)n1. The lowest BCUT2D eigenvalue weighted by molar-refractivity contribution is 0.406. The first-order valence-electron chi connectivity index (χ1n) is 10.5. The number of hydrogen-bond acceptors (Lipinski definition) is 10. The van der Waals surface area contributed by atoms with Crippen molar-refractivity contribution >= 4 is 28.4 Å². The maximum Gasteiger partial charge on any atom is 0.250 e. The van der Waals surface area contributed by atoms with Gasteiger partial charge in [0.1, 0.15) is 17.8 Å². The average Bonchev–Trinajstić information content (AvgIpc) is 3.55. The summed E-state index contributed by atoms with van der Waals surface area (Å²) in [5.41, 5.74) is 3.02. The molecule has 2 N–H and O–H groups in total. The first kappa shape index (κ1) is 18.1. The smallest absolute Gasteiger partial charge is 0.250 e. The van der Waals surface area contributed by atoms with E-state index in [1.54, 1.807) is 6.20 Å². The summed E-state index contributed by atoms with van der Waals surface area (Å²) in [5, 5.41) is 14.8. The van der Waals surface area contributed by atoms with E-state index in [4.69, 9.17) is 14.5 Å². The molecule has 4 aromatic heterocycles. The van der Waals surface area contributed by atoms with Crippen LogP contribution in [0.5, 0.6) is 0 Å². The number of piperazine rings is 1. The Bertz CT molecular complexity index is 1220. The van der Waals surface area contributed by atoms with Gasteiger partial charge in [-0.1, -0.05) is 0 Å². The summed E-state index contributed by atoms with van der Waals surface area (Å²) < 4.78 is 5.02. The van der Waals surface area contributed by atoms with Crippen LogP contribution in [0.1, 0.15) is 24.3 Å². The third kappa shape index (κ3) is 3.55. The van der Waals surface area contributed by atoms with Gasteiger partial charge in [-0.15, -0.1) is 5.10 Å². The van der Waals surface area contributed by atoms with Gasteiger partial charge in [0.15, 0.2) is 5.82 Å². The van der Waals surface area contributed by atoms with Gasteiger partial charge in [-0.05, 0) is 36.5 Å². The number of nitrogens with one attached hydrogen (secondary N) is 2. The first-order chi connectivity index (χ1) is 15.3. The Hall–Kier alpha value is -3.66. The van der Waals surface area contributed by atoms with E-state index >= 15 is 0 Å². The van der Waals surface area contributed by atoms with E-state index in [1.807, 2.05) is 24.5 Å². The van der Waals surface area contributed by atoms with Gasteiger partial charge >= 0.3 is 0 Å². The van der Waals surface area contributed by atoms with Crippen LogP contribution < -0.4 is 15.5 Å². The zero-order valence-electron chi connectivity index (χ0n) is 16.8. The van der Waals surface area contributed by atoms with Crippen molar-refractivity contribution in [3.63, 3.8) is 0 Å². The van der Waals surface area contributed by atoms with Gasteiger partial charge in [0.2, 0.25) is 0 Å². The van der Waals surface area contributed by atoms with Gasteiger partial charge in [-0.3, -0.25) is 4.98 Å². The van der Waals surface area contributed by atoms with E-state index < -0.39 is 0 Å². The number of anilines is 3. The van der Waals surface area contributed by atoms with E-state index in [1.165, 1.54) is 24.6 Å². The monoisotopic (exact) mass is 415 g/mol. The lowest BCUT2D eigenvalue weighted by Gasteiger charge is -2.30. The van der Waals surface area contributed by atoms with Crippen LogP contribution in [0.3, 0.4) is 0 Å². The second kappa shape index (κ2) is 7.55. The maximum absolute atomic E-state index is 5.06. The molecule has 0 spiro atoms. The predicted octanol–water partition coefficient (Wildman–Crippen LogP) is 2.50. The average molecular weight is 415 g/mol. The molecule has 6 rings (SSSR count). The van der Waals surface area contributed by atoms with Crippen LogP contribution in [0.4, 0.5) is 17.5 Å². The quantitative estimate of drug-likeness (QED) is 0.503. The van der Waals surface area contributed by atoms with Crippen molar-refractivity contribution in [2.45, 2.75) is 18.8 Å². The minimum absolute atomic E-state index is 0.420. The summed E-state index contributed by atoms with van der Waals surface area (Å²) in [6.07, 6.45) is 9.47. The van der Waals surface area contributed by atoms with E-state index in [-0.39, 0.29) is 0 Å². The fourth-order valence-corrected chi connectivity index (χ4v) is 4.01. The van der Waals surface area contributed by atoms with E-state index in [0.717, 1.165) is 48.5 Å². The highest BCUT2D eigenvalue weighted by atomic mass is 16.5. The maximum atomic E-state index is 5.06. The molecule has 5 heterocycles. The van der Waals surface area contributed by atoms with Crippen LogP contribution in [-0.4, -0.2) is 56.5 Å². The number of rotatable bonds is 5. The Morgan fingerprint density at radius 2 is 2.00 bits per heavy atom. The first-order valence-corrected chi connectivity index (χ1v) is 10.5. The van der Waals surface area contributed by atoms with Crippen molar-refractivity contribution in [3.05, 3.63) is 42.5 Å². The van der Waals surface area contributed by atoms with Gasteiger partial charge in [0.05, 0.1) is 11.7 Å². The third-order valence-corrected chi connectivity index (χ3v) is 5.68. The highest BCUT2D eigenvalue weighted by Gasteiger charge is 2.29. The third-order valence-electron chi connectivity index (χ3n) is 5.68. The molecule has 1 aliphatic carbocycles. The molecule has 156 valence electrons. The van der Waals surface area contributed by atoms with Crippen molar-refractivity contribution in [2.75, 3.05) is 36.4 Å². The molecule has 0 aromatic carbocycles. The van der Waals surface area contributed by atoms with Gasteiger partial charge in [0, 0.05) is 54.8 Å². The van der Waals surface area contributed by atoms with E-state index in [2.05, 4.69) is 35.9 Å². The van der Waals surface area contributed by atoms with Crippen molar-refractivity contribution in [3.8, 4) is 11.4 Å². The minimum atomic E-state index is 0.420. The largest absolute Gasteiger partial charge is 0.353 e. The van der Waals surface area contributed by atoms with Crippen molar-refractivity contribution < 1.29 is 4.52 Å². The number of pyridine rings is 2. The molecule has 0 amide bonds. The molecule has 1 aliphatic heterocycles. The second-order valence-electron chi connectivity index (χ2n) is 7.84. The van der Waals surface area contributed by atoms with Crippen LogP contribution >= 0.6 is 0 Å². The Kier molecular flexibility index (Phi) is 4.42. The van der Waals surface area contributed by atoms with E-state index in [0.29, 0.717) is 23.4 Å². The highest BCUT2D eigenvalue weighted by Crippen LogP contribution is 2.44. The molecule has 0 radical (unpaired) electrons. The van der Waals surface area contributed by atoms with Crippen LogP contribution in [-0.2, 0) is 0 Å². The lowest BCUT2D eigenvalue weighted by Crippen LogP contribution is -2.44. The standard InChI is InChI=1S/C21H21N9O/c1-2-13(1)15-10-23-11-16-19(15)21(30-7-5-22-6-8-30)28-20(26-16)14-3-4-24-17(9-14)27-18-12-25-29-31-18/h3-4,9-13,22H,1-2,5-8H2,(H,24,27). The molecule has 2 aliphatic rings. The number of aromatic nitrogens is 6. The van der Waals surface area contributed by atoms with Gasteiger partial charge < -0.3 is 20.1 Å². The Morgan fingerprint density at radius 1 is 1.10 bits per heavy atom. The summed E-state index contributed by atoms with van der Waals surface area (Å²) in [4.78, 5) is 21.1. The molecule has 0 unspecified atom stereocenters. The fourth-order valence-electron chi connectivity index (χ4n) is 4.01. The number of fused-ring (bicyclic) bond motifs is 1. The molecule has 1 saturated carbocycles. The van der Waals surface area contributed by atoms with Gasteiger partial charge in [-0.25, -0.2) is 15.0 Å². The zero-order chi connectivity index (χ0) is 20.6. The number of nitrogens with zero attached hydrogens (tertiary/aromatic N) is 7. The molecule has 0 bridgehead atoms. The molecule has 10 nitrogen and oxygen atoms in total. The topological polar surface area (TPSA) is 118 Å². The van der Waals surface area contributed by atoms with Crippen LogP contribution in [0.15, 0.2) is 41.4 Å². The molecule has 0 atom stereocenters. The summed E-state index contributed by atoms with van der Waals surface area (Å²) >= 11 is 0. The normalized spacial score (nSPS) is 16.6. The molecule has 2 fully saturated rings. The highest BCUT2D eigenvalue weighted by molar-refractivity contribution is 5.94. The van der Waals surface area contributed by atoms with Crippen LogP contribution in [0.2, 0.25) is 0 Å². The Labute approximate surface area is 178 Å². The van der Waals surface area contributed by atoms with Crippen molar-refractivity contribution in [1.82, 2.24) is 35.6 Å². The van der Waals surface area contributed by atoms with Crippen molar-refractivity contribution in [1.29, 1.82) is 0 Å². The summed E-state index contributed by atoms with van der Waals surface area (Å²) in [6.45, 7) is 3.72. The number of hydrogen-bond donors (Lipinski definition) is 2. The van der Waals surface area contributed by atoms with Gasteiger partial charge in [-0.2, -0.15) is 0 Å². The molecule has 1 saturated heterocycles. The molecule has 31 heavy (non-hydrogen) atoms. The lowest BCUT2D eigenvalue weighted by atomic mass is 10.1. The van der Waals surface area contributed by atoms with Crippen LogP contribution in [0.25, 0.3) is 22.3 Å². The molecule has 4 aromatic rings.